The van der Waals surface area contributed by atoms with E-state index in [1.807, 2.05) is 0 Å². The van der Waals surface area contributed by atoms with Crippen LogP contribution < -0.4 is 10.8 Å². The van der Waals surface area contributed by atoms with Gasteiger partial charge in [-0.05, 0) is 12.0 Å². The van der Waals surface area contributed by atoms with Crippen molar-refractivity contribution in [3.05, 3.63) is 23.8 Å². The van der Waals surface area contributed by atoms with Crippen molar-refractivity contribution in [2.75, 3.05) is 5.32 Å². The third-order valence-electron chi connectivity index (χ3n) is 2.41. The first-order valence-corrected chi connectivity index (χ1v) is 4.59. The summed E-state index contributed by atoms with van der Waals surface area (Å²) < 4.78 is 37.2. The van der Waals surface area contributed by atoms with Crippen LogP contribution in [0.15, 0.2) is 18.2 Å². The Morgan fingerprint density at radius 3 is 2.60 bits per heavy atom. The molecule has 1 heterocycles. The van der Waals surface area contributed by atoms with Gasteiger partial charge in [0.1, 0.15) is 0 Å². The number of hydrogen-bond donors (Lipinski definition) is 1. The second-order valence-corrected chi connectivity index (χ2v) is 3.54. The number of anilines is 1. The fourth-order valence-corrected chi connectivity index (χ4v) is 1.59. The Morgan fingerprint density at radius 1 is 1.20 bits per heavy atom. The highest BCUT2D eigenvalue weighted by Crippen LogP contribution is 2.22. The van der Waals surface area contributed by atoms with Crippen molar-refractivity contribution in [1.29, 1.82) is 0 Å². The summed E-state index contributed by atoms with van der Waals surface area (Å²) in [4.78, 5) is 11.0. The van der Waals surface area contributed by atoms with Gasteiger partial charge in [0.25, 0.3) is 0 Å². The Kier molecular flexibility index (Phi) is 2.21. The Balaban J connectivity index is 2.41. The zero-order valence-corrected chi connectivity index (χ0v) is 7.77. The predicted octanol–water partition coefficient (Wildman–Crippen LogP) is 1.63. The van der Waals surface area contributed by atoms with Crippen molar-refractivity contribution in [1.82, 2.24) is 0 Å². The molecule has 0 unspecified atom stereocenters. The number of nitrogens with one attached hydrogen (secondary N) is 1. The molecule has 1 aliphatic heterocycles. The van der Waals surface area contributed by atoms with E-state index in [0.717, 1.165) is 17.7 Å². The minimum atomic E-state index is -4.99. The fourth-order valence-electron chi connectivity index (χ4n) is 1.59. The average molecular weight is 214 g/mol. The van der Waals surface area contributed by atoms with E-state index in [1.165, 1.54) is 6.07 Å². The van der Waals surface area contributed by atoms with Crippen molar-refractivity contribution in [3.8, 4) is 0 Å². The minimum Gasteiger partial charge on any atom is -0.445 e. The molecule has 1 amide bonds. The molecule has 0 saturated heterocycles. The number of aryl methyl sites for hydroxylation is 1. The molecule has 0 fully saturated rings. The van der Waals surface area contributed by atoms with Crippen LogP contribution in [-0.4, -0.2) is 12.9 Å². The summed E-state index contributed by atoms with van der Waals surface area (Å²) in [5.41, 5.74) is 0.386. The van der Waals surface area contributed by atoms with Gasteiger partial charge in [-0.25, -0.2) is 0 Å². The maximum Gasteiger partial charge on any atom is 0.509 e. The molecule has 0 spiro atoms. The van der Waals surface area contributed by atoms with Gasteiger partial charge in [0, 0.05) is 12.1 Å². The van der Waals surface area contributed by atoms with Crippen LogP contribution in [0.3, 0.4) is 0 Å². The lowest BCUT2D eigenvalue weighted by atomic mass is 9.79. The van der Waals surface area contributed by atoms with Gasteiger partial charge in [0.15, 0.2) is 0 Å². The molecule has 0 aliphatic carbocycles. The molecule has 1 aromatic carbocycles. The van der Waals surface area contributed by atoms with Gasteiger partial charge in [-0.2, -0.15) is 0 Å². The number of halogens is 3. The van der Waals surface area contributed by atoms with Crippen LogP contribution >= 0.6 is 0 Å². The summed E-state index contributed by atoms with van der Waals surface area (Å²) in [5.74, 6) is -0.227. The number of fused-ring (bicyclic) bond motifs is 1. The quantitative estimate of drug-likeness (QED) is 0.707. The van der Waals surface area contributed by atoms with Crippen LogP contribution in [-0.2, 0) is 11.2 Å². The number of carbonyl (C=O) groups excluding carboxylic acids is 1. The van der Waals surface area contributed by atoms with E-state index in [2.05, 4.69) is 5.32 Å². The molecule has 1 aromatic rings. The Morgan fingerprint density at radius 2 is 1.93 bits per heavy atom. The number of hydrogen-bond acceptors (Lipinski definition) is 1. The smallest absolute Gasteiger partial charge is 0.445 e. The van der Waals surface area contributed by atoms with Crippen LogP contribution in [0.4, 0.5) is 18.6 Å². The molecule has 0 radical (unpaired) electrons. The molecule has 1 N–H and O–H groups in total. The normalized spacial score (nSPS) is 15.8. The molecule has 15 heavy (non-hydrogen) atoms. The van der Waals surface area contributed by atoms with Crippen LogP contribution in [0, 0.1) is 0 Å². The molecule has 0 bridgehead atoms. The molecule has 6 heteroatoms. The second-order valence-electron chi connectivity index (χ2n) is 3.54. The summed E-state index contributed by atoms with van der Waals surface area (Å²) >= 11 is 0. The maximum absolute atomic E-state index is 12.4. The third-order valence-corrected chi connectivity index (χ3v) is 2.41. The van der Waals surface area contributed by atoms with Gasteiger partial charge in [-0.15, -0.1) is 5.46 Å². The highest BCUT2D eigenvalue weighted by atomic mass is 19.4. The van der Waals surface area contributed by atoms with Crippen LogP contribution in [0.25, 0.3) is 0 Å². The van der Waals surface area contributed by atoms with Gasteiger partial charge in [0.05, 0.1) is 0 Å². The van der Waals surface area contributed by atoms with Gasteiger partial charge in [-0.3, -0.25) is 4.79 Å². The third kappa shape index (κ3) is 1.98. The number of rotatable bonds is 1. The van der Waals surface area contributed by atoms with E-state index >= 15 is 0 Å². The molecule has 0 atom stereocenters. The van der Waals surface area contributed by atoms with Crippen molar-refractivity contribution in [2.45, 2.75) is 12.8 Å². The average Bonchev–Trinajstić information content (AvgIpc) is 2.15. The van der Waals surface area contributed by atoms with Crippen LogP contribution in [0.2, 0.25) is 0 Å². The van der Waals surface area contributed by atoms with Crippen molar-refractivity contribution in [2.24, 2.45) is 0 Å². The van der Waals surface area contributed by atoms with Gasteiger partial charge in [0.2, 0.25) is 5.91 Å². The largest absolute Gasteiger partial charge is 0.509 e. The van der Waals surface area contributed by atoms with Crippen LogP contribution in [0.5, 0.6) is 0 Å². The number of amides is 1. The summed E-state index contributed by atoms with van der Waals surface area (Å²) in [6.07, 6.45) is 0.843. The molecule has 0 aromatic heterocycles. The summed E-state index contributed by atoms with van der Waals surface area (Å²) in [5, 5.41) is 2.44. The lowest BCUT2D eigenvalue weighted by molar-refractivity contribution is -0.116. The van der Waals surface area contributed by atoms with Crippen molar-refractivity contribution < 1.29 is 17.7 Å². The predicted molar refractivity (Wildman–Crippen MR) is 52.1 cm³/mol. The standard InChI is InChI=1S/C9H8BF3NO/c11-10(12,13)7-3-1-6-2-4-9(15)14-8(6)5-7/h1,3,5H,2,4H2,(H,14,15)/q-1. The molecule has 2 nitrogen and oxygen atoms in total. The zero-order chi connectivity index (χ0) is 11.1. The van der Waals surface area contributed by atoms with Crippen molar-refractivity contribution >= 4 is 24.0 Å². The SMILES string of the molecule is O=C1CCc2ccc([B-](F)(F)F)cc2N1. The molecule has 80 valence electrons. The number of carbonyl (C=O) groups is 1. The summed E-state index contributed by atoms with van der Waals surface area (Å²) in [6, 6.07) is 3.50. The Labute approximate surface area is 84.5 Å². The molecule has 2 rings (SSSR count). The fraction of sp³-hybridized carbons (Fsp3) is 0.222. The first-order chi connectivity index (χ1) is 6.97. The lowest BCUT2D eigenvalue weighted by Gasteiger charge is -2.21. The molecule has 1 aliphatic rings. The zero-order valence-electron chi connectivity index (χ0n) is 7.77. The lowest BCUT2D eigenvalue weighted by Crippen LogP contribution is -2.35. The first kappa shape index (κ1) is 10.1. The molecule has 0 saturated carbocycles. The van der Waals surface area contributed by atoms with E-state index < -0.39 is 12.4 Å². The monoisotopic (exact) mass is 214 g/mol. The Bertz CT molecular complexity index is 416. The molecular formula is C9H8BF3NO-. The van der Waals surface area contributed by atoms with Crippen LogP contribution in [0.1, 0.15) is 12.0 Å². The first-order valence-electron chi connectivity index (χ1n) is 4.59. The summed E-state index contributed by atoms with van der Waals surface area (Å²) in [7, 11) is 0. The van der Waals surface area contributed by atoms with E-state index in [-0.39, 0.29) is 5.91 Å². The highest BCUT2D eigenvalue weighted by Gasteiger charge is 2.27. The minimum absolute atomic E-state index is 0.227. The van der Waals surface area contributed by atoms with Crippen molar-refractivity contribution in [3.63, 3.8) is 0 Å². The summed E-state index contributed by atoms with van der Waals surface area (Å²) in [6.45, 7) is -4.99. The topological polar surface area (TPSA) is 29.1 Å². The van der Waals surface area contributed by atoms with Gasteiger partial charge < -0.3 is 18.3 Å². The molecular weight excluding hydrogens is 206 g/mol. The number of benzene rings is 1. The van der Waals surface area contributed by atoms with E-state index in [1.54, 1.807) is 0 Å². The Hall–Kier alpha value is -1.46. The van der Waals surface area contributed by atoms with Gasteiger partial charge >= 0.3 is 6.98 Å². The van der Waals surface area contributed by atoms with Gasteiger partial charge in [-0.1, -0.05) is 18.2 Å². The van der Waals surface area contributed by atoms with E-state index in [4.69, 9.17) is 0 Å². The second kappa shape index (κ2) is 3.29. The maximum atomic E-state index is 12.4. The van der Waals surface area contributed by atoms with E-state index in [0.29, 0.717) is 18.5 Å². The highest BCUT2D eigenvalue weighted by molar-refractivity contribution is 6.73. The van der Waals surface area contributed by atoms with E-state index in [9.17, 15) is 17.7 Å².